The number of aliphatic hydroxyl groups excluding tert-OH is 6. The number of alkyl halides is 1. The molecule has 0 unspecified atom stereocenters. The van der Waals surface area contributed by atoms with E-state index in [2.05, 4.69) is 17.6 Å². The van der Waals surface area contributed by atoms with E-state index >= 15 is 4.39 Å². The van der Waals surface area contributed by atoms with Gasteiger partial charge in [-0.25, -0.2) is 4.39 Å². The molecule has 55 heavy (non-hydrogen) atoms. The van der Waals surface area contributed by atoms with Gasteiger partial charge in [-0.05, 0) is 32.4 Å². The molecule has 0 spiro atoms. The highest BCUT2D eigenvalue weighted by atomic mass is 19.1. The Morgan fingerprint density at radius 3 is 1.89 bits per heavy atom. The Hall–Kier alpha value is -1.20. The van der Waals surface area contributed by atoms with Crippen molar-refractivity contribution in [1.29, 1.82) is 0 Å². The summed E-state index contributed by atoms with van der Waals surface area (Å²) in [6, 6.07) is -3.56. The predicted octanol–water partition coefficient (Wildman–Crippen LogP) is -1.76. The molecule has 2 aliphatic heterocycles. The predicted molar refractivity (Wildman–Crippen MR) is 202 cm³/mol. The van der Waals surface area contributed by atoms with E-state index in [1.807, 2.05) is 0 Å². The van der Waals surface area contributed by atoms with E-state index in [-0.39, 0.29) is 32.5 Å². The number of unbranched alkanes of at least 4 members (excludes halogenated alkanes) is 12. The number of hydrogen-bond donors (Lipinski definition) is 12. The summed E-state index contributed by atoms with van der Waals surface area (Å²) in [6.45, 7) is 2.82. The lowest BCUT2D eigenvalue weighted by molar-refractivity contribution is -0.326. The molecule has 2 saturated heterocycles. The first-order chi connectivity index (χ1) is 26.4. The molecule has 18 heteroatoms. The standard InChI is InChI=1S/C37H73FN6O11/c1-2-3-4-5-6-7-8-9-10-11-12-13-14-17-43-20-25-28(46)27(42)30(48)36(53-25)55-34-22(44-35(51)23(45)15-16-39)18-21(41)33(26(34)38)54-37-32(50)31(49)29(47)24(19-40)52-37/h21-34,36-37,43,45-50H,2-20,39-42H2,1H3,(H,44,51)/t21-,22-,23+,24-,25+,26+,27-,28+,29-,30+,31+,32-,33-,34-,36+,37+/m1/s1. The first kappa shape index (κ1) is 48.2. The van der Waals surface area contributed by atoms with Crippen molar-refractivity contribution in [1.82, 2.24) is 10.6 Å². The SMILES string of the molecule is CCCCCCCCCCCCCCCNC[C@@H]1O[C@@H](O[C@H]2[C@@H](F)[C@H](O[C@@H]3O[C@H](CN)[C@@H](O)[C@H](O)[C@H]3O)[C@H](N)C[C@H]2NC(=O)[C@@H](O)CCN)[C@@H](O)[C@H](N)[C@H]1O. The highest BCUT2D eigenvalue weighted by Crippen LogP contribution is 2.33. The number of carbonyl (C=O) groups is 1. The summed E-state index contributed by atoms with van der Waals surface area (Å²) in [5.74, 6) is -0.857. The number of amides is 1. The molecule has 1 amide bonds. The Kier molecular flexibility index (Phi) is 22.2. The molecular formula is C37H73FN6O11. The quantitative estimate of drug-likeness (QED) is 0.0456. The Morgan fingerprint density at radius 2 is 1.31 bits per heavy atom. The fourth-order valence-electron chi connectivity index (χ4n) is 7.55. The number of rotatable bonds is 25. The minimum absolute atomic E-state index is 0.00546. The number of nitrogens with two attached hydrogens (primary N) is 4. The van der Waals surface area contributed by atoms with E-state index < -0.39 is 104 Å². The van der Waals surface area contributed by atoms with Gasteiger partial charge in [0.05, 0.1) is 18.2 Å². The first-order valence-electron chi connectivity index (χ1n) is 20.6. The van der Waals surface area contributed by atoms with Crippen molar-refractivity contribution in [2.75, 3.05) is 26.2 Å². The van der Waals surface area contributed by atoms with Gasteiger partial charge in [0, 0.05) is 19.1 Å². The molecule has 0 aromatic rings. The summed E-state index contributed by atoms with van der Waals surface area (Å²) in [7, 11) is 0. The van der Waals surface area contributed by atoms with Crippen molar-refractivity contribution in [3.63, 3.8) is 0 Å². The van der Waals surface area contributed by atoms with Crippen molar-refractivity contribution >= 4 is 5.91 Å². The van der Waals surface area contributed by atoms with E-state index in [1.165, 1.54) is 64.2 Å². The van der Waals surface area contributed by atoms with Gasteiger partial charge in [-0.2, -0.15) is 0 Å². The molecule has 2 heterocycles. The van der Waals surface area contributed by atoms with Crippen molar-refractivity contribution < 1.29 is 58.8 Å². The van der Waals surface area contributed by atoms with E-state index in [9.17, 15) is 35.4 Å². The maximum atomic E-state index is 16.6. The Labute approximate surface area is 325 Å². The molecule has 0 aromatic heterocycles. The maximum Gasteiger partial charge on any atom is 0.249 e. The van der Waals surface area contributed by atoms with Gasteiger partial charge < -0.3 is 83.2 Å². The number of hydrogen-bond acceptors (Lipinski definition) is 16. The summed E-state index contributed by atoms with van der Waals surface area (Å²) < 4.78 is 39.9. The topological polar surface area (TPSA) is 304 Å². The van der Waals surface area contributed by atoms with Crippen LogP contribution in [0.3, 0.4) is 0 Å². The second-order valence-corrected chi connectivity index (χ2v) is 15.6. The highest BCUT2D eigenvalue weighted by Gasteiger charge is 2.53. The maximum absolute atomic E-state index is 16.6. The molecule has 17 nitrogen and oxygen atoms in total. The normalized spacial score (nSPS) is 37.5. The largest absolute Gasteiger partial charge is 0.389 e. The lowest BCUT2D eigenvalue weighted by Gasteiger charge is -2.48. The Bertz CT molecular complexity index is 1060. The van der Waals surface area contributed by atoms with Crippen LogP contribution < -0.4 is 33.6 Å². The van der Waals surface area contributed by atoms with Crippen molar-refractivity contribution in [2.24, 2.45) is 22.9 Å². The van der Waals surface area contributed by atoms with Crippen LogP contribution in [0.5, 0.6) is 0 Å². The molecule has 3 fully saturated rings. The molecule has 16 atom stereocenters. The monoisotopic (exact) mass is 797 g/mol. The van der Waals surface area contributed by atoms with Crippen LogP contribution in [0.1, 0.15) is 103 Å². The fourth-order valence-corrected chi connectivity index (χ4v) is 7.55. The molecule has 1 aliphatic carbocycles. The third-order valence-electron chi connectivity index (χ3n) is 11.1. The Balaban J connectivity index is 1.58. The zero-order valence-corrected chi connectivity index (χ0v) is 32.6. The number of halogens is 1. The second-order valence-electron chi connectivity index (χ2n) is 15.6. The van der Waals surface area contributed by atoms with Gasteiger partial charge in [-0.1, -0.05) is 84.0 Å². The molecule has 1 saturated carbocycles. The molecule has 3 aliphatic rings. The van der Waals surface area contributed by atoms with Gasteiger partial charge >= 0.3 is 0 Å². The van der Waals surface area contributed by atoms with Crippen LogP contribution in [0, 0.1) is 0 Å². The summed E-state index contributed by atoms with van der Waals surface area (Å²) in [5, 5.41) is 69.0. The van der Waals surface area contributed by atoms with Gasteiger partial charge in [0.15, 0.2) is 18.8 Å². The molecule has 0 bridgehead atoms. The van der Waals surface area contributed by atoms with E-state index in [4.69, 9.17) is 41.9 Å². The second kappa shape index (κ2) is 25.3. The molecule has 16 N–H and O–H groups in total. The highest BCUT2D eigenvalue weighted by molar-refractivity contribution is 5.80. The van der Waals surface area contributed by atoms with Crippen molar-refractivity contribution in [3.8, 4) is 0 Å². The van der Waals surface area contributed by atoms with Gasteiger partial charge in [0.2, 0.25) is 5.91 Å². The minimum Gasteiger partial charge on any atom is -0.389 e. The number of aliphatic hydroxyl groups is 6. The molecular weight excluding hydrogens is 723 g/mol. The first-order valence-corrected chi connectivity index (χ1v) is 20.6. The van der Waals surface area contributed by atoms with Crippen LogP contribution in [-0.4, -0.2) is 161 Å². The van der Waals surface area contributed by atoms with Gasteiger partial charge in [-0.3, -0.25) is 4.79 Å². The van der Waals surface area contributed by atoms with E-state index in [1.54, 1.807) is 0 Å². The lowest BCUT2D eigenvalue weighted by atomic mass is 9.84. The smallest absolute Gasteiger partial charge is 0.249 e. The summed E-state index contributed by atoms with van der Waals surface area (Å²) in [6.07, 6.45) is -4.30. The van der Waals surface area contributed by atoms with Crippen molar-refractivity contribution in [2.45, 2.75) is 201 Å². The molecule has 3 rings (SSSR count). The fraction of sp³-hybridized carbons (Fsp3) is 0.973. The average Bonchev–Trinajstić information content (AvgIpc) is 3.16. The Morgan fingerprint density at radius 1 is 0.764 bits per heavy atom. The third-order valence-corrected chi connectivity index (χ3v) is 11.1. The van der Waals surface area contributed by atoms with Crippen LogP contribution in [0.15, 0.2) is 0 Å². The van der Waals surface area contributed by atoms with E-state index in [0.29, 0.717) is 6.54 Å². The lowest BCUT2D eigenvalue weighted by Crippen LogP contribution is -2.69. The van der Waals surface area contributed by atoms with Crippen molar-refractivity contribution in [3.05, 3.63) is 0 Å². The number of carbonyl (C=O) groups excluding carboxylic acids is 1. The van der Waals surface area contributed by atoms with Gasteiger partial charge in [0.1, 0.15) is 54.9 Å². The molecule has 0 aromatic carbocycles. The van der Waals surface area contributed by atoms with Gasteiger partial charge in [0.25, 0.3) is 0 Å². The summed E-state index contributed by atoms with van der Waals surface area (Å²) in [5.41, 5.74) is 23.6. The summed E-state index contributed by atoms with van der Waals surface area (Å²) >= 11 is 0. The van der Waals surface area contributed by atoms with Crippen LogP contribution >= 0.6 is 0 Å². The zero-order chi connectivity index (χ0) is 40.5. The van der Waals surface area contributed by atoms with Crippen LogP contribution in [0.25, 0.3) is 0 Å². The van der Waals surface area contributed by atoms with E-state index in [0.717, 1.165) is 19.3 Å². The summed E-state index contributed by atoms with van der Waals surface area (Å²) in [4.78, 5) is 12.8. The zero-order valence-electron chi connectivity index (χ0n) is 32.6. The van der Waals surface area contributed by atoms with Gasteiger partial charge in [-0.15, -0.1) is 0 Å². The number of ether oxygens (including phenoxy) is 4. The van der Waals surface area contributed by atoms with Crippen LogP contribution in [0.2, 0.25) is 0 Å². The van der Waals surface area contributed by atoms with Crippen LogP contribution in [-0.2, 0) is 23.7 Å². The third kappa shape index (κ3) is 14.5. The minimum atomic E-state index is -2.18. The number of nitrogens with one attached hydrogen (secondary N) is 2. The molecule has 324 valence electrons. The average molecular weight is 797 g/mol. The molecule has 0 radical (unpaired) electrons. The van der Waals surface area contributed by atoms with Crippen LogP contribution in [0.4, 0.5) is 4.39 Å².